The van der Waals surface area contributed by atoms with Gasteiger partial charge in [-0.05, 0) is 18.8 Å². The van der Waals surface area contributed by atoms with Gasteiger partial charge in [0.25, 0.3) is 0 Å². The molecule has 25 heavy (non-hydrogen) atoms. The van der Waals surface area contributed by atoms with Crippen molar-refractivity contribution in [1.29, 1.82) is 0 Å². The lowest BCUT2D eigenvalue weighted by Gasteiger charge is -2.26. The van der Waals surface area contributed by atoms with Gasteiger partial charge in [-0.15, -0.1) is 12.4 Å². The van der Waals surface area contributed by atoms with Gasteiger partial charge in [0.15, 0.2) is 0 Å². The Labute approximate surface area is 161 Å². The fraction of sp³-hybridized carbons (Fsp3) is 0.950. The zero-order valence-electron chi connectivity index (χ0n) is 16.2. The minimum Gasteiger partial charge on any atom is -0.382 e. The second-order valence-electron chi connectivity index (χ2n) is 7.61. The molecule has 1 saturated carbocycles. The summed E-state index contributed by atoms with van der Waals surface area (Å²) in [5.41, 5.74) is 6.05. The standard InChI is InChI=1S/C20H40N2O2.ClH/c1-2-3-4-5-6-7-8-12-15-22-20(24)19(23)18(21)16-17-13-10-9-11-14-17;/h17-19,23H,2-16,21H2,1H3,(H,22,24);1H/t18-,19?;/m1./s1. The molecular weight excluding hydrogens is 336 g/mol. The van der Waals surface area contributed by atoms with Crippen molar-refractivity contribution in [2.24, 2.45) is 11.7 Å². The van der Waals surface area contributed by atoms with Crippen LogP contribution in [0.5, 0.6) is 0 Å². The molecule has 1 aliphatic rings. The highest BCUT2D eigenvalue weighted by atomic mass is 35.5. The molecule has 2 atom stereocenters. The van der Waals surface area contributed by atoms with E-state index in [4.69, 9.17) is 5.73 Å². The largest absolute Gasteiger partial charge is 0.382 e. The fourth-order valence-corrected chi connectivity index (χ4v) is 3.71. The van der Waals surface area contributed by atoms with E-state index in [2.05, 4.69) is 12.2 Å². The SMILES string of the molecule is CCCCCCCCCCNC(=O)C(O)[C@H](N)CC1CCCCC1.Cl. The predicted molar refractivity (Wildman–Crippen MR) is 108 cm³/mol. The first-order valence-electron chi connectivity index (χ1n) is 10.4. The smallest absolute Gasteiger partial charge is 0.250 e. The molecule has 4 nitrogen and oxygen atoms in total. The number of halogens is 1. The molecule has 1 fully saturated rings. The summed E-state index contributed by atoms with van der Waals surface area (Å²) in [6, 6.07) is -0.424. The Morgan fingerprint density at radius 3 is 2.20 bits per heavy atom. The summed E-state index contributed by atoms with van der Waals surface area (Å²) in [7, 11) is 0. The highest BCUT2D eigenvalue weighted by molar-refractivity contribution is 5.85. The van der Waals surface area contributed by atoms with Crippen LogP contribution in [0.4, 0.5) is 0 Å². The summed E-state index contributed by atoms with van der Waals surface area (Å²) in [5.74, 6) is 0.296. The number of hydrogen-bond acceptors (Lipinski definition) is 3. The molecule has 5 heteroatoms. The molecule has 150 valence electrons. The average molecular weight is 377 g/mol. The van der Waals surface area contributed by atoms with Gasteiger partial charge < -0.3 is 16.2 Å². The van der Waals surface area contributed by atoms with Crippen LogP contribution in [0, 0.1) is 5.92 Å². The third-order valence-electron chi connectivity index (χ3n) is 5.33. The molecule has 1 unspecified atom stereocenters. The number of rotatable bonds is 13. The molecule has 0 spiro atoms. The summed E-state index contributed by atoms with van der Waals surface area (Å²) in [6.07, 6.45) is 15.9. The van der Waals surface area contributed by atoms with Gasteiger partial charge in [0.05, 0.1) is 0 Å². The van der Waals surface area contributed by atoms with Gasteiger partial charge in [0.1, 0.15) is 6.10 Å². The monoisotopic (exact) mass is 376 g/mol. The topological polar surface area (TPSA) is 75.3 Å². The lowest BCUT2D eigenvalue weighted by molar-refractivity contribution is -0.130. The van der Waals surface area contributed by atoms with Gasteiger partial charge in [0.2, 0.25) is 5.91 Å². The van der Waals surface area contributed by atoms with Crippen molar-refractivity contribution < 1.29 is 9.90 Å². The van der Waals surface area contributed by atoms with E-state index in [0.717, 1.165) is 19.3 Å². The Morgan fingerprint density at radius 1 is 1.04 bits per heavy atom. The maximum Gasteiger partial charge on any atom is 0.250 e. The molecule has 0 aromatic rings. The number of unbranched alkanes of at least 4 members (excludes halogenated alkanes) is 7. The number of carbonyl (C=O) groups excluding carboxylic acids is 1. The predicted octanol–water partition coefficient (Wildman–Crippen LogP) is 4.32. The number of nitrogens with two attached hydrogens (primary N) is 1. The van der Waals surface area contributed by atoms with Crippen molar-refractivity contribution in [2.45, 2.75) is 109 Å². The van der Waals surface area contributed by atoms with Crippen LogP contribution in [0.25, 0.3) is 0 Å². The lowest BCUT2D eigenvalue weighted by atomic mass is 9.84. The first kappa shape index (κ1) is 24.7. The van der Waals surface area contributed by atoms with Crippen LogP contribution in [0.2, 0.25) is 0 Å². The number of aliphatic hydroxyl groups is 1. The Balaban J connectivity index is 0.00000576. The first-order valence-corrected chi connectivity index (χ1v) is 10.4. The zero-order chi connectivity index (χ0) is 17.6. The molecule has 0 saturated heterocycles. The summed E-state index contributed by atoms with van der Waals surface area (Å²) in [4.78, 5) is 12.0. The van der Waals surface area contributed by atoms with Crippen LogP contribution in [0.1, 0.15) is 96.8 Å². The van der Waals surface area contributed by atoms with Crippen molar-refractivity contribution in [3.8, 4) is 0 Å². The van der Waals surface area contributed by atoms with Gasteiger partial charge in [-0.2, -0.15) is 0 Å². The summed E-state index contributed by atoms with van der Waals surface area (Å²) in [6.45, 7) is 2.89. The van der Waals surface area contributed by atoms with Crippen LogP contribution >= 0.6 is 12.4 Å². The molecular formula is C20H41ClN2O2. The Morgan fingerprint density at radius 2 is 1.60 bits per heavy atom. The van der Waals surface area contributed by atoms with Crippen molar-refractivity contribution in [3.63, 3.8) is 0 Å². The fourth-order valence-electron chi connectivity index (χ4n) is 3.71. The third-order valence-corrected chi connectivity index (χ3v) is 5.33. The van der Waals surface area contributed by atoms with Crippen LogP contribution in [-0.4, -0.2) is 29.7 Å². The summed E-state index contributed by atoms with van der Waals surface area (Å²) < 4.78 is 0. The summed E-state index contributed by atoms with van der Waals surface area (Å²) >= 11 is 0. The number of aliphatic hydroxyl groups excluding tert-OH is 1. The lowest BCUT2D eigenvalue weighted by Crippen LogP contribution is -2.47. The Hall–Kier alpha value is -0.320. The van der Waals surface area contributed by atoms with Crippen molar-refractivity contribution >= 4 is 18.3 Å². The van der Waals surface area contributed by atoms with E-state index >= 15 is 0 Å². The van der Waals surface area contributed by atoms with E-state index < -0.39 is 12.1 Å². The van der Waals surface area contributed by atoms with E-state index in [1.165, 1.54) is 70.6 Å². The molecule has 0 aromatic heterocycles. The van der Waals surface area contributed by atoms with Crippen molar-refractivity contribution in [3.05, 3.63) is 0 Å². The number of carbonyl (C=O) groups is 1. The minimum atomic E-state index is -1.05. The second-order valence-corrected chi connectivity index (χ2v) is 7.61. The van der Waals surface area contributed by atoms with Gasteiger partial charge in [-0.3, -0.25) is 4.79 Å². The Bertz CT molecular complexity index is 323. The Kier molecular flexibility index (Phi) is 15.7. The van der Waals surface area contributed by atoms with Crippen LogP contribution in [-0.2, 0) is 4.79 Å². The van der Waals surface area contributed by atoms with Crippen LogP contribution in [0.15, 0.2) is 0 Å². The van der Waals surface area contributed by atoms with E-state index in [0.29, 0.717) is 12.5 Å². The maximum absolute atomic E-state index is 12.0. The van der Waals surface area contributed by atoms with Crippen molar-refractivity contribution in [2.75, 3.05) is 6.54 Å². The van der Waals surface area contributed by atoms with E-state index in [9.17, 15) is 9.90 Å². The molecule has 1 amide bonds. The van der Waals surface area contributed by atoms with Gasteiger partial charge in [-0.1, -0.05) is 84.0 Å². The molecule has 0 radical (unpaired) electrons. The molecule has 4 N–H and O–H groups in total. The van der Waals surface area contributed by atoms with Gasteiger partial charge in [0, 0.05) is 12.6 Å². The number of amides is 1. The molecule has 0 aliphatic heterocycles. The first-order chi connectivity index (χ1) is 11.6. The second kappa shape index (κ2) is 15.9. The minimum absolute atomic E-state index is 0. The average Bonchev–Trinajstić information content (AvgIpc) is 2.60. The van der Waals surface area contributed by atoms with Crippen LogP contribution < -0.4 is 11.1 Å². The molecule has 0 heterocycles. The molecule has 1 rings (SSSR count). The zero-order valence-corrected chi connectivity index (χ0v) is 17.0. The van der Waals surface area contributed by atoms with Crippen molar-refractivity contribution in [1.82, 2.24) is 5.32 Å². The highest BCUT2D eigenvalue weighted by Crippen LogP contribution is 2.27. The highest BCUT2D eigenvalue weighted by Gasteiger charge is 2.26. The van der Waals surface area contributed by atoms with Crippen LogP contribution in [0.3, 0.4) is 0 Å². The number of nitrogens with one attached hydrogen (secondary N) is 1. The number of hydrogen-bond donors (Lipinski definition) is 3. The quantitative estimate of drug-likeness (QED) is 0.419. The molecule has 1 aliphatic carbocycles. The normalized spacial score (nSPS) is 17.6. The van der Waals surface area contributed by atoms with E-state index in [1.54, 1.807) is 0 Å². The van der Waals surface area contributed by atoms with E-state index in [-0.39, 0.29) is 18.3 Å². The molecule has 0 bridgehead atoms. The third kappa shape index (κ3) is 11.8. The maximum atomic E-state index is 12.0. The summed E-state index contributed by atoms with van der Waals surface area (Å²) in [5, 5.41) is 12.9. The van der Waals surface area contributed by atoms with Gasteiger partial charge >= 0.3 is 0 Å². The van der Waals surface area contributed by atoms with Gasteiger partial charge in [-0.25, -0.2) is 0 Å². The molecule has 0 aromatic carbocycles. The van der Waals surface area contributed by atoms with E-state index in [1.807, 2.05) is 0 Å².